The smallest absolute Gasteiger partial charge is 0.140 e. The number of rotatable bonds is 1. The summed E-state index contributed by atoms with van der Waals surface area (Å²) in [5.74, 6) is 1.96. The summed E-state index contributed by atoms with van der Waals surface area (Å²) in [6.45, 7) is 2.23. The molecule has 1 nitrogen and oxygen atoms in total. The summed E-state index contributed by atoms with van der Waals surface area (Å²) in [5, 5.41) is 0. The maximum absolute atomic E-state index is 6.89. The van der Waals surface area contributed by atoms with Crippen molar-refractivity contribution in [3.8, 4) is 33.8 Å². The zero-order valence-corrected chi connectivity index (χ0v) is 20.3. The van der Waals surface area contributed by atoms with Crippen molar-refractivity contribution in [2.45, 2.75) is 31.6 Å². The minimum atomic E-state index is -0.407. The number of para-hydroxylation sites is 1. The van der Waals surface area contributed by atoms with Gasteiger partial charge in [-0.25, -0.2) is 0 Å². The van der Waals surface area contributed by atoms with Crippen molar-refractivity contribution >= 4 is 0 Å². The van der Waals surface area contributed by atoms with Crippen LogP contribution in [0.3, 0.4) is 0 Å². The van der Waals surface area contributed by atoms with Gasteiger partial charge in [0.2, 0.25) is 0 Å². The summed E-state index contributed by atoms with van der Waals surface area (Å²) in [6.07, 6.45) is 3.54. The molecule has 2 aliphatic carbocycles. The van der Waals surface area contributed by atoms with Gasteiger partial charge in [0.25, 0.3) is 0 Å². The van der Waals surface area contributed by atoms with Crippen molar-refractivity contribution in [2.24, 2.45) is 0 Å². The number of ether oxygens (including phenoxy) is 1. The van der Waals surface area contributed by atoms with Gasteiger partial charge in [-0.3, -0.25) is 0 Å². The summed E-state index contributed by atoms with van der Waals surface area (Å²) >= 11 is 0. The molecular formula is C35H26O. The highest BCUT2D eigenvalue weighted by Gasteiger charge is 2.51. The van der Waals surface area contributed by atoms with E-state index in [1.54, 1.807) is 0 Å². The maximum Gasteiger partial charge on any atom is 0.140 e. The van der Waals surface area contributed by atoms with Gasteiger partial charge in [-0.1, -0.05) is 91.0 Å². The normalized spacial score (nSPS) is 15.5. The average molecular weight is 463 g/mol. The van der Waals surface area contributed by atoms with Gasteiger partial charge in [-0.15, -0.1) is 0 Å². The highest BCUT2D eigenvalue weighted by molar-refractivity contribution is 5.90. The molecule has 1 heterocycles. The number of aryl methyl sites for hydroxylation is 2. The Bertz CT molecular complexity index is 1660. The quantitative estimate of drug-likeness (QED) is 0.237. The van der Waals surface area contributed by atoms with Crippen LogP contribution in [0.1, 0.15) is 45.4 Å². The van der Waals surface area contributed by atoms with Gasteiger partial charge >= 0.3 is 0 Å². The van der Waals surface area contributed by atoms with E-state index in [0.717, 1.165) is 17.9 Å². The van der Waals surface area contributed by atoms with Gasteiger partial charge < -0.3 is 4.74 Å². The highest BCUT2D eigenvalue weighted by Crippen LogP contribution is 2.63. The number of hydrogen-bond donors (Lipinski definition) is 0. The van der Waals surface area contributed by atoms with Gasteiger partial charge in [0.15, 0.2) is 0 Å². The van der Waals surface area contributed by atoms with Crippen LogP contribution in [0, 0.1) is 6.92 Å². The molecule has 172 valence electrons. The zero-order valence-electron chi connectivity index (χ0n) is 20.3. The van der Waals surface area contributed by atoms with E-state index in [0.29, 0.717) is 0 Å². The van der Waals surface area contributed by atoms with E-state index in [9.17, 15) is 0 Å². The standard InChI is InChI=1S/C35H26O/c1-22-20-28(25-15-9-11-23-10-8-14-24(23)25)34-32(21-22)35(31-18-6-7-19-33(31)36-34)29-16-4-2-12-26(29)27-13-3-5-17-30(27)35/h2-7,9,11-13,15-21H,8,10,14H2,1H3. The number of benzene rings is 5. The predicted octanol–water partition coefficient (Wildman–Crippen LogP) is 8.62. The molecule has 8 rings (SSSR count). The lowest BCUT2D eigenvalue weighted by molar-refractivity contribution is 0.438. The lowest BCUT2D eigenvalue weighted by Gasteiger charge is -2.40. The predicted molar refractivity (Wildman–Crippen MR) is 146 cm³/mol. The first-order valence-corrected chi connectivity index (χ1v) is 13.0. The lowest BCUT2D eigenvalue weighted by atomic mass is 9.65. The number of fused-ring (bicyclic) bond motifs is 10. The summed E-state index contributed by atoms with van der Waals surface area (Å²) in [5.41, 5.74) is 14.2. The first-order chi connectivity index (χ1) is 17.8. The molecule has 0 radical (unpaired) electrons. The van der Waals surface area contributed by atoms with E-state index in [1.165, 1.54) is 74.0 Å². The molecule has 0 N–H and O–H groups in total. The maximum atomic E-state index is 6.89. The Labute approximate surface area is 212 Å². The van der Waals surface area contributed by atoms with Crippen LogP contribution in [0.4, 0.5) is 0 Å². The van der Waals surface area contributed by atoms with Crippen LogP contribution in [0.5, 0.6) is 11.5 Å². The van der Waals surface area contributed by atoms with E-state index < -0.39 is 5.41 Å². The van der Waals surface area contributed by atoms with E-state index in [2.05, 4.69) is 110 Å². The second-order valence-electron chi connectivity index (χ2n) is 10.4. The fourth-order valence-electron chi connectivity index (χ4n) is 7.17. The molecule has 0 atom stereocenters. The third-order valence-electron chi connectivity index (χ3n) is 8.53. The van der Waals surface area contributed by atoms with Crippen molar-refractivity contribution < 1.29 is 4.74 Å². The third kappa shape index (κ3) is 2.45. The topological polar surface area (TPSA) is 9.23 Å². The second-order valence-corrected chi connectivity index (χ2v) is 10.4. The Balaban J connectivity index is 1.54. The van der Waals surface area contributed by atoms with Crippen LogP contribution in [0.15, 0.2) is 103 Å². The minimum absolute atomic E-state index is 0.407. The van der Waals surface area contributed by atoms with Crippen molar-refractivity contribution in [3.05, 3.63) is 142 Å². The molecule has 0 bridgehead atoms. The first kappa shape index (κ1) is 20.1. The molecule has 0 unspecified atom stereocenters. The van der Waals surface area contributed by atoms with Crippen molar-refractivity contribution in [3.63, 3.8) is 0 Å². The Hall–Kier alpha value is -4.10. The fourth-order valence-corrected chi connectivity index (χ4v) is 7.17. The van der Waals surface area contributed by atoms with Gasteiger partial charge in [0.05, 0.1) is 5.41 Å². The molecule has 0 saturated carbocycles. The molecule has 5 aromatic rings. The SMILES string of the molecule is Cc1cc(-c2cccc3c2CCC3)c2c(c1)C1(c3ccccc3O2)c2ccccc2-c2ccccc21. The Morgan fingerprint density at radius 2 is 1.25 bits per heavy atom. The number of hydrogen-bond acceptors (Lipinski definition) is 1. The molecule has 0 fully saturated rings. The van der Waals surface area contributed by atoms with Gasteiger partial charge in [0.1, 0.15) is 11.5 Å². The summed E-state index contributed by atoms with van der Waals surface area (Å²) in [6, 6.07) is 38.1. The van der Waals surface area contributed by atoms with Gasteiger partial charge in [-0.2, -0.15) is 0 Å². The summed E-state index contributed by atoms with van der Waals surface area (Å²) < 4.78 is 6.89. The molecule has 0 amide bonds. The summed E-state index contributed by atoms with van der Waals surface area (Å²) in [7, 11) is 0. The Kier molecular flexibility index (Phi) is 4.03. The van der Waals surface area contributed by atoms with Crippen LogP contribution in [-0.4, -0.2) is 0 Å². The van der Waals surface area contributed by atoms with Crippen molar-refractivity contribution in [1.29, 1.82) is 0 Å². The van der Waals surface area contributed by atoms with Gasteiger partial charge in [-0.05, 0) is 82.8 Å². The monoisotopic (exact) mass is 462 g/mol. The van der Waals surface area contributed by atoms with E-state index in [4.69, 9.17) is 4.74 Å². The molecule has 1 aliphatic heterocycles. The molecule has 0 aromatic heterocycles. The van der Waals surface area contributed by atoms with E-state index >= 15 is 0 Å². The van der Waals surface area contributed by atoms with Crippen LogP contribution >= 0.6 is 0 Å². The second kappa shape index (κ2) is 7.21. The first-order valence-electron chi connectivity index (χ1n) is 13.0. The van der Waals surface area contributed by atoms with Crippen LogP contribution in [0.2, 0.25) is 0 Å². The Morgan fingerprint density at radius 1 is 0.583 bits per heavy atom. The zero-order chi connectivity index (χ0) is 23.9. The highest BCUT2D eigenvalue weighted by atomic mass is 16.5. The van der Waals surface area contributed by atoms with E-state index in [1.807, 2.05) is 0 Å². The van der Waals surface area contributed by atoms with Crippen LogP contribution in [0.25, 0.3) is 22.3 Å². The average Bonchev–Trinajstić information content (AvgIpc) is 3.51. The molecular weight excluding hydrogens is 436 g/mol. The van der Waals surface area contributed by atoms with Crippen LogP contribution in [-0.2, 0) is 18.3 Å². The minimum Gasteiger partial charge on any atom is -0.456 e. The molecule has 1 spiro atoms. The van der Waals surface area contributed by atoms with E-state index in [-0.39, 0.29) is 0 Å². The molecule has 36 heavy (non-hydrogen) atoms. The lowest BCUT2D eigenvalue weighted by Crippen LogP contribution is -2.32. The Morgan fingerprint density at radius 3 is 2.03 bits per heavy atom. The molecule has 5 aromatic carbocycles. The molecule has 3 aliphatic rings. The molecule has 1 heteroatoms. The van der Waals surface area contributed by atoms with Crippen molar-refractivity contribution in [1.82, 2.24) is 0 Å². The van der Waals surface area contributed by atoms with Crippen molar-refractivity contribution in [2.75, 3.05) is 0 Å². The van der Waals surface area contributed by atoms with Gasteiger partial charge in [0, 0.05) is 16.7 Å². The fraction of sp³-hybridized carbons (Fsp3) is 0.143. The largest absolute Gasteiger partial charge is 0.456 e. The third-order valence-corrected chi connectivity index (χ3v) is 8.53. The summed E-state index contributed by atoms with van der Waals surface area (Å²) in [4.78, 5) is 0. The molecule has 0 saturated heterocycles. The van der Waals surface area contributed by atoms with Crippen LogP contribution < -0.4 is 4.74 Å².